The van der Waals surface area contributed by atoms with Crippen LogP contribution in [0.1, 0.15) is 26.2 Å². The lowest BCUT2D eigenvalue weighted by molar-refractivity contribution is -0.142. The molecule has 120 valence electrons. The Bertz CT molecular complexity index is 400. The number of ether oxygens (including phenoxy) is 1. The third-order valence-corrected chi connectivity index (χ3v) is 3.67. The molecule has 8 heteroatoms. The molecular weight excluding hydrogens is 280 g/mol. The first-order valence-corrected chi connectivity index (χ1v) is 6.88. The van der Waals surface area contributed by atoms with Gasteiger partial charge in [-0.25, -0.2) is 9.59 Å². The maximum Gasteiger partial charge on any atom is 0.326 e. The van der Waals surface area contributed by atoms with Crippen LogP contribution in [-0.2, 0) is 14.3 Å². The van der Waals surface area contributed by atoms with Crippen LogP contribution in [0.2, 0.25) is 0 Å². The Morgan fingerprint density at radius 3 is 2.62 bits per heavy atom. The van der Waals surface area contributed by atoms with Crippen LogP contribution in [0.3, 0.4) is 0 Å². The Morgan fingerprint density at radius 2 is 2.10 bits per heavy atom. The van der Waals surface area contributed by atoms with Gasteiger partial charge >= 0.3 is 18.0 Å². The molecule has 0 saturated carbocycles. The van der Waals surface area contributed by atoms with Crippen molar-refractivity contribution in [1.82, 2.24) is 10.2 Å². The van der Waals surface area contributed by atoms with E-state index in [-0.39, 0.29) is 25.3 Å². The van der Waals surface area contributed by atoms with Gasteiger partial charge in [-0.05, 0) is 18.8 Å². The summed E-state index contributed by atoms with van der Waals surface area (Å²) < 4.78 is 4.44. The van der Waals surface area contributed by atoms with Crippen LogP contribution in [0.4, 0.5) is 4.79 Å². The second kappa shape index (κ2) is 7.82. The molecule has 2 unspecified atom stereocenters. The number of aliphatic carboxylic acids is 1. The lowest BCUT2D eigenvalue weighted by atomic mass is 9.96. The molecule has 1 rings (SSSR count). The monoisotopic (exact) mass is 302 g/mol. The SMILES string of the molecule is COC(=O)CC[C@H](NC(=O)N1CCC(C)C(O)C1)C(=O)O. The number of nitrogens with one attached hydrogen (secondary N) is 1. The van der Waals surface area contributed by atoms with Gasteiger partial charge in [-0.3, -0.25) is 4.79 Å². The molecule has 0 aromatic carbocycles. The number of nitrogens with zero attached hydrogens (tertiary/aromatic N) is 1. The topological polar surface area (TPSA) is 116 Å². The fraction of sp³-hybridized carbons (Fsp3) is 0.769. The van der Waals surface area contributed by atoms with Gasteiger partial charge in [0.1, 0.15) is 6.04 Å². The van der Waals surface area contributed by atoms with Crippen LogP contribution < -0.4 is 5.32 Å². The predicted molar refractivity (Wildman–Crippen MR) is 72.6 cm³/mol. The molecule has 1 aliphatic heterocycles. The van der Waals surface area contributed by atoms with Crippen LogP contribution in [0.25, 0.3) is 0 Å². The van der Waals surface area contributed by atoms with Gasteiger partial charge in [0.15, 0.2) is 0 Å². The number of aliphatic hydroxyl groups excluding tert-OH is 1. The van der Waals surface area contributed by atoms with E-state index in [0.29, 0.717) is 13.0 Å². The van der Waals surface area contributed by atoms with Gasteiger partial charge in [0, 0.05) is 19.5 Å². The number of piperidine rings is 1. The highest BCUT2D eigenvalue weighted by atomic mass is 16.5. The summed E-state index contributed by atoms with van der Waals surface area (Å²) in [6, 6.07) is -1.70. The number of rotatable bonds is 5. The van der Waals surface area contributed by atoms with Crippen molar-refractivity contribution in [3.05, 3.63) is 0 Å². The summed E-state index contributed by atoms with van der Waals surface area (Å²) >= 11 is 0. The van der Waals surface area contributed by atoms with Crippen molar-refractivity contribution >= 4 is 18.0 Å². The van der Waals surface area contributed by atoms with Crippen molar-refractivity contribution in [2.24, 2.45) is 5.92 Å². The standard InChI is InChI=1S/C13H22N2O6/c1-8-5-6-15(7-10(8)16)13(20)14-9(12(18)19)3-4-11(17)21-2/h8-10,16H,3-7H2,1-2H3,(H,14,20)(H,18,19)/t8?,9-,10?/m0/s1. The highest BCUT2D eigenvalue weighted by molar-refractivity contribution is 5.83. The highest BCUT2D eigenvalue weighted by Gasteiger charge is 2.29. The highest BCUT2D eigenvalue weighted by Crippen LogP contribution is 2.17. The lowest BCUT2D eigenvalue weighted by Crippen LogP contribution is -2.53. The Kier molecular flexibility index (Phi) is 6.41. The van der Waals surface area contributed by atoms with Gasteiger partial charge in [0.2, 0.25) is 0 Å². The number of urea groups is 1. The molecule has 1 saturated heterocycles. The summed E-state index contributed by atoms with van der Waals surface area (Å²) in [4.78, 5) is 35.5. The van der Waals surface area contributed by atoms with Crippen molar-refractivity contribution in [3.63, 3.8) is 0 Å². The Hall–Kier alpha value is -1.83. The van der Waals surface area contributed by atoms with E-state index in [1.165, 1.54) is 12.0 Å². The van der Waals surface area contributed by atoms with Gasteiger partial charge in [-0.15, -0.1) is 0 Å². The average molecular weight is 302 g/mol. The molecule has 0 aromatic rings. The minimum atomic E-state index is -1.21. The summed E-state index contributed by atoms with van der Waals surface area (Å²) in [6.07, 6.45) is -0.0783. The van der Waals surface area contributed by atoms with Gasteiger partial charge in [0.25, 0.3) is 0 Å². The lowest BCUT2D eigenvalue weighted by Gasteiger charge is -2.34. The Morgan fingerprint density at radius 1 is 1.43 bits per heavy atom. The molecule has 0 aliphatic carbocycles. The van der Waals surface area contributed by atoms with Crippen molar-refractivity contribution in [1.29, 1.82) is 0 Å². The van der Waals surface area contributed by atoms with Crippen LogP contribution in [-0.4, -0.2) is 65.4 Å². The summed E-state index contributed by atoms with van der Waals surface area (Å²) in [5.74, 6) is -1.63. The molecular formula is C13H22N2O6. The number of carbonyl (C=O) groups is 3. The van der Waals surface area contributed by atoms with Crippen molar-refractivity contribution in [2.75, 3.05) is 20.2 Å². The van der Waals surface area contributed by atoms with Crippen molar-refractivity contribution in [2.45, 2.75) is 38.3 Å². The fourth-order valence-electron chi connectivity index (χ4n) is 2.10. The number of carbonyl (C=O) groups excluding carboxylic acids is 2. The van der Waals surface area contributed by atoms with Crippen LogP contribution in [0.5, 0.6) is 0 Å². The number of β-amino-alcohol motifs (C(OH)–C–C–N with tert-alkyl or cyclic N) is 1. The molecule has 0 aromatic heterocycles. The number of esters is 1. The molecule has 8 nitrogen and oxygen atoms in total. The minimum Gasteiger partial charge on any atom is -0.480 e. The van der Waals surface area contributed by atoms with E-state index in [1.807, 2.05) is 6.92 Å². The summed E-state index contributed by atoms with van der Waals surface area (Å²) in [7, 11) is 1.22. The third kappa shape index (κ3) is 5.22. The molecule has 3 atom stereocenters. The molecule has 3 N–H and O–H groups in total. The van der Waals surface area contributed by atoms with E-state index < -0.39 is 30.1 Å². The van der Waals surface area contributed by atoms with Gasteiger partial charge in [-0.1, -0.05) is 6.92 Å². The first-order chi connectivity index (χ1) is 9.85. The first-order valence-electron chi connectivity index (χ1n) is 6.88. The minimum absolute atomic E-state index is 0.0411. The van der Waals surface area contributed by atoms with Gasteiger partial charge in [0.05, 0.1) is 13.2 Å². The quantitative estimate of drug-likeness (QED) is 0.606. The van der Waals surface area contributed by atoms with E-state index in [9.17, 15) is 19.5 Å². The number of carboxylic acid groups (broad SMARTS) is 1. The molecule has 0 radical (unpaired) electrons. The van der Waals surface area contributed by atoms with E-state index in [4.69, 9.17) is 5.11 Å². The normalized spacial score (nSPS) is 23.3. The second-order valence-electron chi connectivity index (χ2n) is 5.23. The maximum absolute atomic E-state index is 12.0. The first kappa shape index (κ1) is 17.2. The van der Waals surface area contributed by atoms with Crippen LogP contribution >= 0.6 is 0 Å². The van der Waals surface area contributed by atoms with Crippen molar-refractivity contribution < 1.29 is 29.3 Å². The largest absolute Gasteiger partial charge is 0.480 e. The van der Waals surface area contributed by atoms with E-state index >= 15 is 0 Å². The third-order valence-electron chi connectivity index (χ3n) is 3.67. The fourth-order valence-corrected chi connectivity index (χ4v) is 2.10. The van der Waals surface area contributed by atoms with Crippen molar-refractivity contribution in [3.8, 4) is 0 Å². The predicted octanol–water partition coefficient (Wildman–Crippen LogP) is -0.195. The van der Waals surface area contributed by atoms with Gasteiger partial charge in [-0.2, -0.15) is 0 Å². The average Bonchev–Trinajstić information content (AvgIpc) is 2.45. The molecule has 21 heavy (non-hydrogen) atoms. The summed E-state index contributed by atoms with van der Waals surface area (Å²) in [5.41, 5.74) is 0. The van der Waals surface area contributed by atoms with E-state index in [0.717, 1.165) is 0 Å². The second-order valence-corrected chi connectivity index (χ2v) is 5.23. The zero-order valence-corrected chi connectivity index (χ0v) is 12.2. The van der Waals surface area contributed by atoms with Crippen LogP contribution in [0.15, 0.2) is 0 Å². The van der Waals surface area contributed by atoms with Crippen LogP contribution in [0, 0.1) is 5.92 Å². The number of hydrogen-bond donors (Lipinski definition) is 3. The number of hydrogen-bond acceptors (Lipinski definition) is 5. The van der Waals surface area contributed by atoms with Gasteiger partial charge < -0.3 is 25.2 Å². The summed E-state index contributed by atoms with van der Waals surface area (Å²) in [6.45, 7) is 2.54. The number of carboxylic acids is 1. The number of methoxy groups -OCH3 is 1. The number of amides is 2. The molecule has 0 bridgehead atoms. The molecule has 0 spiro atoms. The number of aliphatic hydroxyl groups is 1. The zero-order valence-electron chi connectivity index (χ0n) is 12.2. The number of likely N-dealkylation sites (tertiary alicyclic amines) is 1. The smallest absolute Gasteiger partial charge is 0.326 e. The Balaban J connectivity index is 2.52. The van der Waals surface area contributed by atoms with E-state index in [1.54, 1.807) is 0 Å². The summed E-state index contributed by atoms with van der Waals surface area (Å²) in [5, 5.41) is 21.2. The molecule has 2 amide bonds. The molecule has 1 heterocycles. The molecule has 1 aliphatic rings. The van der Waals surface area contributed by atoms with E-state index in [2.05, 4.69) is 10.1 Å². The zero-order chi connectivity index (χ0) is 16.0. The molecule has 1 fully saturated rings. The Labute approximate surface area is 123 Å². The maximum atomic E-state index is 12.0.